The summed E-state index contributed by atoms with van der Waals surface area (Å²) in [5, 5.41) is 17.1. The van der Waals surface area contributed by atoms with Gasteiger partial charge in [-0.25, -0.2) is 4.52 Å². The van der Waals surface area contributed by atoms with Crippen molar-refractivity contribution in [2.75, 3.05) is 0 Å². The minimum absolute atomic E-state index is 0.159. The van der Waals surface area contributed by atoms with Crippen molar-refractivity contribution < 1.29 is 4.79 Å². The largest absolute Gasteiger partial charge is 0.353 e. The summed E-state index contributed by atoms with van der Waals surface area (Å²) >= 11 is 0. The summed E-state index contributed by atoms with van der Waals surface area (Å²) in [5.41, 5.74) is 8.11. The highest BCUT2D eigenvalue weighted by Gasteiger charge is 2.31. The van der Waals surface area contributed by atoms with Gasteiger partial charge in [0.1, 0.15) is 6.07 Å². The molecule has 1 atom stereocenters. The Morgan fingerprint density at radius 2 is 1.72 bits per heavy atom. The van der Waals surface area contributed by atoms with Crippen LogP contribution >= 0.6 is 0 Å². The van der Waals surface area contributed by atoms with E-state index in [1.807, 2.05) is 31.5 Å². The van der Waals surface area contributed by atoms with Crippen LogP contribution in [0.2, 0.25) is 0 Å². The number of nitriles is 1. The van der Waals surface area contributed by atoms with Crippen LogP contribution in [-0.2, 0) is 4.79 Å². The fourth-order valence-corrected chi connectivity index (χ4v) is 5.70. The quantitative estimate of drug-likeness (QED) is 0.144. The van der Waals surface area contributed by atoms with Gasteiger partial charge >= 0.3 is 0 Å². The molecule has 1 aromatic carbocycles. The van der Waals surface area contributed by atoms with E-state index in [2.05, 4.69) is 120 Å². The Bertz CT molecular complexity index is 1530. The summed E-state index contributed by atoms with van der Waals surface area (Å²) in [6.45, 7) is 21.2. The molecule has 1 N–H and O–H groups in total. The Hall–Kier alpha value is -3.91. The van der Waals surface area contributed by atoms with Crippen LogP contribution in [0, 0.1) is 16.7 Å². The summed E-state index contributed by atoms with van der Waals surface area (Å²) < 4.78 is 1.83. The first-order valence-corrected chi connectivity index (χ1v) is 17.3. The second kappa shape index (κ2) is 18.9. The van der Waals surface area contributed by atoms with E-state index >= 15 is 0 Å². The number of hydrogen-bond acceptors (Lipinski definition) is 3. The number of fused-ring (bicyclic) bond motifs is 1. The first-order valence-electron chi connectivity index (χ1n) is 17.3. The lowest BCUT2D eigenvalue weighted by molar-refractivity contribution is -0.131. The summed E-state index contributed by atoms with van der Waals surface area (Å²) in [6, 6.07) is 13.4. The summed E-state index contributed by atoms with van der Waals surface area (Å²) in [4.78, 5) is 12.1. The van der Waals surface area contributed by atoms with Gasteiger partial charge in [0.05, 0.1) is 17.3 Å². The molecule has 46 heavy (non-hydrogen) atoms. The molecule has 3 aromatic rings. The van der Waals surface area contributed by atoms with Crippen molar-refractivity contribution in [2.45, 2.75) is 126 Å². The van der Waals surface area contributed by atoms with E-state index in [0.29, 0.717) is 11.5 Å². The van der Waals surface area contributed by atoms with Gasteiger partial charge < -0.3 is 5.32 Å². The lowest BCUT2D eigenvalue weighted by atomic mass is 9.79. The van der Waals surface area contributed by atoms with Gasteiger partial charge in [-0.15, -0.1) is 0 Å². The molecule has 0 bridgehead atoms. The van der Waals surface area contributed by atoms with E-state index in [9.17, 15) is 10.1 Å². The van der Waals surface area contributed by atoms with E-state index in [-0.39, 0.29) is 17.4 Å². The molecule has 0 spiro atoms. The maximum absolute atomic E-state index is 12.1. The molecule has 5 nitrogen and oxygen atoms in total. The van der Waals surface area contributed by atoms with Gasteiger partial charge in [-0.3, -0.25) is 4.79 Å². The molecular formula is C41H58N4O. The average Bonchev–Trinajstić information content (AvgIpc) is 3.45. The van der Waals surface area contributed by atoms with Gasteiger partial charge in [-0.05, 0) is 75.6 Å². The van der Waals surface area contributed by atoms with Crippen LogP contribution in [0.1, 0.15) is 137 Å². The van der Waals surface area contributed by atoms with E-state index < -0.39 is 0 Å². The number of amides is 1. The number of rotatable bonds is 14. The predicted octanol–water partition coefficient (Wildman–Crippen LogP) is 11.2. The van der Waals surface area contributed by atoms with Crippen LogP contribution in [0.25, 0.3) is 22.2 Å². The Balaban J connectivity index is 0.000000392. The molecule has 1 amide bonds. The molecule has 2 aromatic heterocycles. The normalized spacial score (nSPS) is 13.5. The zero-order valence-corrected chi connectivity index (χ0v) is 30.2. The number of pyridine rings is 1. The Morgan fingerprint density at radius 3 is 2.26 bits per heavy atom. The molecule has 1 unspecified atom stereocenters. The Morgan fingerprint density at radius 1 is 1.02 bits per heavy atom. The van der Waals surface area contributed by atoms with E-state index in [1.165, 1.54) is 30.4 Å². The van der Waals surface area contributed by atoms with Crippen LogP contribution in [-0.4, -0.2) is 21.6 Å². The van der Waals surface area contributed by atoms with Crippen molar-refractivity contribution >= 4 is 17.0 Å². The van der Waals surface area contributed by atoms with Crippen LogP contribution in [0.4, 0.5) is 0 Å². The molecule has 0 aliphatic heterocycles. The first-order chi connectivity index (χ1) is 21.9. The second-order valence-corrected chi connectivity index (χ2v) is 13.2. The van der Waals surface area contributed by atoms with Crippen molar-refractivity contribution in [2.24, 2.45) is 5.41 Å². The molecule has 0 saturated heterocycles. The third kappa shape index (κ3) is 10.9. The zero-order chi connectivity index (χ0) is 34.3. The van der Waals surface area contributed by atoms with Crippen molar-refractivity contribution in [3.8, 4) is 17.2 Å². The maximum atomic E-state index is 12.1. The van der Waals surface area contributed by atoms with Crippen molar-refractivity contribution in [3.05, 3.63) is 89.3 Å². The average molecular weight is 623 g/mol. The molecule has 248 valence electrons. The van der Waals surface area contributed by atoms with Gasteiger partial charge in [0.2, 0.25) is 5.91 Å². The molecule has 0 aliphatic carbocycles. The van der Waals surface area contributed by atoms with Crippen molar-refractivity contribution in [3.63, 3.8) is 0 Å². The lowest BCUT2D eigenvalue weighted by Crippen LogP contribution is -2.42. The number of nitrogens with one attached hydrogen (secondary N) is 1. The Kier molecular flexibility index (Phi) is 15.7. The number of nitrogens with zero attached hydrogens (tertiary/aromatic N) is 3. The van der Waals surface area contributed by atoms with Crippen molar-refractivity contribution in [1.82, 2.24) is 14.9 Å². The third-order valence-corrected chi connectivity index (χ3v) is 8.42. The summed E-state index contributed by atoms with van der Waals surface area (Å²) in [5.74, 6) is 0.737. The molecule has 5 heteroatoms. The number of hydrogen-bond donors (Lipinski definition) is 1. The molecule has 2 heterocycles. The van der Waals surface area contributed by atoms with Gasteiger partial charge in [0.15, 0.2) is 0 Å². The second-order valence-electron chi connectivity index (χ2n) is 13.2. The number of benzene rings is 1. The zero-order valence-electron chi connectivity index (χ0n) is 30.2. The van der Waals surface area contributed by atoms with Crippen LogP contribution in [0.5, 0.6) is 0 Å². The lowest BCUT2D eigenvalue weighted by Gasteiger charge is -2.29. The number of carbonyl (C=O) groups excluding carboxylic acids is 1. The van der Waals surface area contributed by atoms with Gasteiger partial charge in [-0.1, -0.05) is 121 Å². The van der Waals surface area contributed by atoms with Crippen LogP contribution < -0.4 is 5.32 Å². The Labute approximate surface area is 279 Å². The summed E-state index contributed by atoms with van der Waals surface area (Å²) in [7, 11) is 0. The van der Waals surface area contributed by atoms with Gasteiger partial charge in [-0.2, -0.15) is 10.4 Å². The van der Waals surface area contributed by atoms with Crippen LogP contribution in [0.3, 0.4) is 0 Å². The standard InChI is InChI=1S/C27H29N3.C14H29NO/c1-6-8-20(5)9-10-21(7-2)26-15-24(18-30-27(26)25(16-28)17-29-30)23-13-11-22(12-14-23)19(3)4;1-6-8-9-11-14(5,10-7-2)13(16)15-12(3)4/h7-15,17-19H,6H2,1-5H3;12H,6-11H2,1-5H3,(H,15,16)/b10-9-,20-8+,21-7+;. The number of allylic oxidation sites excluding steroid dienone is 6. The van der Waals surface area contributed by atoms with E-state index in [0.717, 1.165) is 53.5 Å². The first kappa shape index (κ1) is 38.3. The molecule has 0 saturated carbocycles. The number of unbranched alkanes of at least 4 members (excludes halogenated alkanes) is 2. The molecular weight excluding hydrogens is 564 g/mol. The SMILES string of the molecule is CCCCCC(C)(CCC)C(=O)NC(C)C.C\C=C(/C=C\C(C)=C\CC)c1cc(-c2ccc(C(C)C)cc2)cn2ncc(C#N)c12. The molecule has 3 rings (SSSR count). The van der Waals surface area contributed by atoms with Gasteiger partial charge in [0, 0.05) is 28.8 Å². The molecule has 0 aliphatic rings. The van der Waals surface area contributed by atoms with E-state index in [4.69, 9.17) is 0 Å². The predicted molar refractivity (Wildman–Crippen MR) is 197 cm³/mol. The van der Waals surface area contributed by atoms with Crippen molar-refractivity contribution in [1.29, 1.82) is 5.26 Å². The van der Waals surface area contributed by atoms with Gasteiger partial charge in [0.25, 0.3) is 0 Å². The third-order valence-electron chi connectivity index (χ3n) is 8.42. The highest BCUT2D eigenvalue weighted by Crippen LogP contribution is 2.32. The highest BCUT2D eigenvalue weighted by molar-refractivity contribution is 5.89. The minimum Gasteiger partial charge on any atom is -0.353 e. The number of carbonyl (C=O) groups is 1. The fraction of sp³-hybridized carbons (Fsp3) is 0.488. The smallest absolute Gasteiger partial charge is 0.226 e. The highest BCUT2D eigenvalue weighted by atomic mass is 16.2. The fourth-order valence-electron chi connectivity index (χ4n) is 5.70. The monoisotopic (exact) mass is 622 g/mol. The van der Waals surface area contributed by atoms with Crippen LogP contribution in [0.15, 0.2) is 72.6 Å². The molecule has 0 radical (unpaired) electrons. The van der Waals surface area contributed by atoms with E-state index in [1.54, 1.807) is 6.20 Å². The minimum atomic E-state index is -0.159. The molecule has 0 fully saturated rings. The maximum Gasteiger partial charge on any atom is 0.226 e. The number of aromatic nitrogens is 2. The topological polar surface area (TPSA) is 70.2 Å². The summed E-state index contributed by atoms with van der Waals surface area (Å²) in [6.07, 6.45) is 19.9.